The number of carbonyl (C=O) groups excluding carboxylic acids is 1. The van der Waals surface area contributed by atoms with E-state index >= 15 is 0 Å². The van der Waals surface area contributed by atoms with Crippen LogP contribution in [0.2, 0.25) is 10.0 Å². The summed E-state index contributed by atoms with van der Waals surface area (Å²) in [5, 5.41) is 10.3. The van der Waals surface area contributed by atoms with E-state index < -0.39 is 17.9 Å². The van der Waals surface area contributed by atoms with Crippen LogP contribution < -0.4 is 0 Å². The van der Waals surface area contributed by atoms with Gasteiger partial charge in [-0.1, -0.05) is 36.2 Å². The van der Waals surface area contributed by atoms with Crippen LogP contribution in [0.15, 0.2) is 18.2 Å². The number of likely N-dealkylation sites (tertiary alicyclic amines) is 1. The fourth-order valence-corrected chi connectivity index (χ4v) is 3.49. The fraction of sp³-hybridized carbons (Fsp3) is 0.467. The minimum atomic E-state index is -0.926. The molecule has 1 N–H and O–H groups in total. The molecule has 6 heteroatoms. The summed E-state index contributed by atoms with van der Waals surface area (Å²) in [6.45, 7) is 2.44. The van der Waals surface area contributed by atoms with Crippen molar-refractivity contribution in [3.63, 3.8) is 0 Å². The number of benzene rings is 1. The van der Waals surface area contributed by atoms with Gasteiger partial charge >= 0.3 is 5.97 Å². The SMILES string of the molecule is CCCN1C(=O)CCC(C(=O)O)C1c1c(Cl)cccc1Cl. The van der Waals surface area contributed by atoms with Crippen LogP contribution in [0.1, 0.15) is 37.8 Å². The molecule has 0 saturated carbocycles. The van der Waals surface area contributed by atoms with Crippen molar-refractivity contribution in [1.82, 2.24) is 4.90 Å². The highest BCUT2D eigenvalue weighted by atomic mass is 35.5. The van der Waals surface area contributed by atoms with Gasteiger partial charge in [0.25, 0.3) is 0 Å². The molecule has 4 nitrogen and oxygen atoms in total. The van der Waals surface area contributed by atoms with E-state index in [0.717, 1.165) is 6.42 Å². The Labute approximate surface area is 133 Å². The van der Waals surface area contributed by atoms with Crippen LogP contribution in [0.25, 0.3) is 0 Å². The Balaban J connectivity index is 2.54. The molecule has 21 heavy (non-hydrogen) atoms. The van der Waals surface area contributed by atoms with Crippen LogP contribution in [-0.2, 0) is 9.59 Å². The third-order valence-corrected chi connectivity index (χ3v) is 4.44. The van der Waals surface area contributed by atoms with Crippen molar-refractivity contribution in [2.45, 2.75) is 32.2 Å². The molecule has 1 heterocycles. The summed E-state index contributed by atoms with van der Waals surface area (Å²) in [6.07, 6.45) is 1.30. The summed E-state index contributed by atoms with van der Waals surface area (Å²) in [4.78, 5) is 25.4. The van der Waals surface area contributed by atoms with Crippen LogP contribution in [0.4, 0.5) is 0 Å². The highest BCUT2D eigenvalue weighted by Gasteiger charge is 2.42. The number of rotatable bonds is 4. The lowest BCUT2D eigenvalue weighted by atomic mass is 9.84. The molecule has 1 aliphatic heterocycles. The highest BCUT2D eigenvalue weighted by molar-refractivity contribution is 6.36. The van der Waals surface area contributed by atoms with E-state index in [1.807, 2.05) is 6.92 Å². The molecule has 1 fully saturated rings. The van der Waals surface area contributed by atoms with E-state index in [0.29, 0.717) is 28.6 Å². The van der Waals surface area contributed by atoms with Gasteiger partial charge in [-0.3, -0.25) is 9.59 Å². The van der Waals surface area contributed by atoms with E-state index in [2.05, 4.69) is 0 Å². The van der Waals surface area contributed by atoms with Crippen molar-refractivity contribution < 1.29 is 14.7 Å². The maximum Gasteiger partial charge on any atom is 0.308 e. The Bertz CT molecular complexity index is 542. The van der Waals surface area contributed by atoms with Gasteiger partial charge < -0.3 is 10.0 Å². The topological polar surface area (TPSA) is 57.6 Å². The van der Waals surface area contributed by atoms with Crippen molar-refractivity contribution >= 4 is 35.1 Å². The Hall–Kier alpha value is -1.26. The second-order valence-electron chi connectivity index (χ2n) is 5.15. The van der Waals surface area contributed by atoms with Crippen LogP contribution in [0, 0.1) is 5.92 Å². The summed E-state index contributed by atoms with van der Waals surface area (Å²) in [6, 6.07) is 4.44. The first-order valence-corrected chi connectivity index (χ1v) is 7.69. The average Bonchev–Trinajstić information content (AvgIpc) is 2.42. The highest BCUT2D eigenvalue weighted by Crippen LogP contribution is 2.42. The predicted molar refractivity (Wildman–Crippen MR) is 81.6 cm³/mol. The molecule has 2 unspecified atom stereocenters. The minimum Gasteiger partial charge on any atom is -0.481 e. The summed E-state index contributed by atoms with van der Waals surface area (Å²) >= 11 is 12.5. The quantitative estimate of drug-likeness (QED) is 0.914. The van der Waals surface area contributed by atoms with Gasteiger partial charge in [0.05, 0.1) is 12.0 Å². The smallest absolute Gasteiger partial charge is 0.308 e. The summed E-state index contributed by atoms with van der Waals surface area (Å²) in [5.74, 6) is -1.66. The van der Waals surface area contributed by atoms with E-state index in [4.69, 9.17) is 23.2 Å². The lowest BCUT2D eigenvalue weighted by molar-refractivity contribution is -0.152. The van der Waals surface area contributed by atoms with Crippen LogP contribution in [0.5, 0.6) is 0 Å². The van der Waals surface area contributed by atoms with Crippen molar-refractivity contribution in [3.8, 4) is 0 Å². The molecule has 0 bridgehead atoms. The normalized spacial score (nSPS) is 22.4. The van der Waals surface area contributed by atoms with Gasteiger partial charge in [-0.05, 0) is 25.0 Å². The number of amides is 1. The third-order valence-electron chi connectivity index (χ3n) is 3.78. The van der Waals surface area contributed by atoms with Gasteiger partial charge in [-0.2, -0.15) is 0 Å². The molecule has 2 atom stereocenters. The predicted octanol–water partition coefficient (Wildman–Crippen LogP) is 3.77. The Morgan fingerprint density at radius 1 is 1.38 bits per heavy atom. The summed E-state index contributed by atoms with van der Waals surface area (Å²) < 4.78 is 0. The number of carbonyl (C=O) groups is 2. The third kappa shape index (κ3) is 3.16. The lowest BCUT2D eigenvalue weighted by Crippen LogP contribution is -2.45. The molecule has 1 aromatic carbocycles. The van der Waals surface area contributed by atoms with Crippen molar-refractivity contribution in [1.29, 1.82) is 0 Å². The van der Waals surface area contributed by atoms with Crippen molar-refractivity contribution in [3.05, 3.63) is 33.8 Å². The first-order chi connectivity index (χ1) is 9.97. The first-order valence-electron chi connectivity index (χ1n) is 6.93. The van der Waals surface area contributed by atoms with Gasteiger partial charge in [-0.25, -0.2) is 0 Å². The van der Waals surface area contributed by atoms with Gasteiger partial charge in [0, 0.05) is 28.6 Å². The zero-order valence-electron chi connectivity index (χ0n) is 11.7. The molecular formula is C15H17Cl2NO3. The minimum absolute atomic E-state index is 0.0460. The number of hydrogen-bond acceptors (Lipinski definition) is 2. The van der Waals surface area contributed by atoms with Gasteiger partial charge in [-0.15, -0.1) is 0 Å². The largest absolute Gasteiger partial charge is 0.481 e. The zero-order valence-corrected chi connectivity index (χ0v) is 13.2. The van der Waals surface area contributed by atoms with Gasteiger partial charge in [0.1, 0.15) is 0 Å². The summed E-state index contributed by atoms with van der Waals surface area (Å²) in [7, 11) is 0. The number of halogens is 2. The fourth-order valence-electron chi connectivity index (χ4n) is 2.87. The summed E-state index contributed by atoms with van der Waals surface area (Å²) in [5.41, 5.74) is 0.537. The Kier molecular flexibility index (Phi) is 5.12. The van der Waals surface area contributed by atoms with Crippen LogP contribution >= 0.6 is 23.2 Å². The number of carboxylic acid groups (broad SMARTS) is 1. The Morgan fingerprint density at radius 3 is 2.52 bits per heavy atom. The molecular weight excluding hydrogens is 313 g/mol. The van der Waals surface area contributed by atoms with E-state index in [-0.39, 0.29) is 12.3 Å². The number of nitrogens with zero attached hydrogens (tertiary/aromatic N) is 1. The second-order valence-corrected chi connectivity index (χ2v) is 5.97. The molecule has 1 amide bonds. The van der Waals surface area contributed by atoms with Crippen LogP contribution in [0.3, 0.4) is 0 Å². The lowest BCUT2D eigenvalue weighted by Gasteiger charge is -2.40. The molecule has 1 saturated heterocycles. The first kappa shape index (κ1) is 16.1. The Morgan fingerprint density at radius 2 is 2.00 bits per heavy atom. The molecule has 2 rings (SSSR count). The molecule has 1 aromatic rings. The molecule has 0 radical (unpaired) electrons. The molecule has 0 aliphatic carbocycles. The van der Waals surface area contributed by atoms with E-state index in [1.54, 1.807) is 23.1 Å². The monoisotopic (exact) mass is 329 g/mol. The van der Waals surface area contributed by atoms with Gasteiger partial charge in [0.15, 0.2) is 0 Å². The average molecular weight is 330 g/mol. The molecule has 0 spiro atoms. The van der Waals surface area contributed by atoms with Crippen molar-refractivity contribution in [2.24, 2.45) is 5.92 Å². The number of hydrogen-bond donors (Lipinski definition) is 1. The van der Waals surface area contributed by atoms with Gasteiger partial charge in [0.2, 0.25) is 5.91 Å². The standard InChI is InChI=1S/C15H17Cl2NO3/c1-2-8-18-12(19)7-6-9(15(20)21)14(18)13-10(16)4-3-5-11(13)17/h3-5,9,14H,2,6-8H2,1H3,(H,20,21). The zero-order chi connectivity index (χ0) is 15.6. The van der Waals surface area contributed by atoms with Crippen LogP contribution in [-0.4, -0.2) is 28.4 Å². The number of carboxylic acids is 1. The van der Waals surface area contributed by atoms with Crippen molar-refractivity contribution in [2.75, 3.05) is 6.54 Å². The number of aliphatic carboxylic acids is 1. The molecule has 1 aliphatic rings. The maximum atomic E-state index is 12.2. The van der Waals surface area contributed by atoms with E-state index in [1.165, 1.54) is 0 Å². The van der Waals surface area contributed by atoms with E-state index in [9.17, 15) is 14.7 Å². The second kappa shape index (κ2) is 6.67. The molecule has 0 aromatic heterocycles. The number of piperidine rings is 1. The maximum absolute atomic E-state index is 12.2. The molecule has 114 valence electrons.